The molecule has 3 aromatic rings. The summed E-state index contributed by atoms with van der Waals surface area (Å²) >= 11 is 0. The van der Waals surface area contributed by atoms with E-state index in [1.807, 2.05) is 30.3 Å². The van der Waals surface area contributed by atoms with E-state index in [0.29, 0.717) is 22.6 Å². The van der Waals surface area contributed by atoms with Gasteiger partial charge in [-0.3, -0.25) is 4.79 Å². The van der Waals surface area contributed by atoms with Gasteiger partial charge in [0.05, 0.1) is 29.7 Å². The van der Waals surface area contributed by atoms with Crippen LogP contribution in [0.1, 0.15) is 27.8 Å². The molecule has 0 bridgehead atoms. The lowest BCUT2D eigenvalue weighted by atomic mass is 10.1. The predicted molar refractivity (Wildman–Crippen MR) is 96.8 cm³/mol. The normalized spacial score (nSPS) is 10.4. The van der Waals surface area contributed by atoms with Gasteiger partial charge in [0.15, 0.2) is 0 Å². The minimum Gasteiger partial charge on any atom is -0.461 e. The molecule has 0 aliphatic heterocycles. The molecule has 0 unspecified atom stereocenters. The Bertz CT molecular complexity index is 935. The number of nitrogens with zero attached hydrogens (tertiary/aromatic N) is 3. The highest BCUT2D eigenvalue weighted by Crippen LogP contribution is 2.18. The molecule has 2 aromatic heterocycles. The van der Waals surface area contributed by atoms with E-state index in [1.165, 1.54) is 6.20 Å². The number of aromatic nitrogens is 3. The zero-order chi connectivity index (χ0) is 18.5. The van der Waals surface area contributed by atoms with Crippen molar-refractivity contribution in [3.8, 4) is 11.3 Å². The Morgan fingerprint density at radius 2 is 1.96 bits per heavy atom. The molecule has 7 heteroatoms. The van der Waals surface area contributed by atoms with Crippen LogP contribution in [0.2, 0.25) is 0 Å². The third-order valence-electron chi connectivity index (χ3n) is 3.73. The summed E-state index contributed by atoms with van der Waals surface area (Å²) in [5.41, 5.74) is 2.72. The molecule has 7 nitrogen and oxygen atoms in total. The average Bonchev–Trinajstić information content (AvgIpc) is 3.03. The molecular weight excluding hydrogens is 332 g/mol. The van der Waals surface area contributed by atoms with Crippen LogP contribution in [0.4, 0.5) is 5.69 Å². The van der Waals surface area contributed by atoms with E-state index in [2.05, 4.69) is 15.5 Å². The molecule has 0 saturated carbocycles. The number of hydrogen-bond donors (Lipinski definition) is 1. The summed E-state index contributed by atoms with van der Waals surface area (Å²) in [6, 6.07) is 12.7. The minimum absolute atomic E-state index is 0.288. The van der Waals surface area contributed by atoms with Gasteiger partial charge in [-0.1, -0.05) is 30.3 Å². The van der Waals surface area contributed by atoms with Crippen molar-refractivity contribution in [1.82, 2.24) is 14.8 Å². The zero-order valence-electron chi connectivity index (χ0n) is 14.5. The van der Waals surface area contributed by atoms with Crippen LogP contribution in [0.5, 0.6) is 0 Å². The fourth-order valence-electron chi connectivity index (χ4n) is 2.48. The summed E-state index contributed by atoms with van der Waals surface area (Å²) in [7, 11) is 1.71. The van der Waals surface area contributed by atoms with E-state index < -0.39 is 5.97 Å². The van der Waals surface area contributed by atoms with Gasteiger partial charge >= 0.3 is 5.97 Å². The third-order valence-corrected chi connectivity index (χ3v) is 3.73. The number of aryl methyl sites for hydroxylation is 1. The quantitative estimate of drug-likeness (QED) is 0.715. The van der Waals surface area contributed by atoms with Gasteiger partial charge in [-0.05, 0) is 19.1 Å². The van der Waals surface area contributed by atoms with Crippen molar-refractivity contribution >= 4 is 17.6 Å². The Hall–Kier alpha value is -3.48. The van der Waals surface area contributed by atoms with Gasteiger partial charge in [0.2, 0.25) is 0 Å². The molecule has 2 heterocycles. The molecule has 0 fully saturated rings. The minimum atomic E-state index is -0.438. The molecule has 0 aliphatic carbocycles. The lowest BCUT2D eigenvalue weighted by Crippen LogP contribution is -2.12. The monoisotopic (exact) mass is 350 g/mol. The summed E-state index contributed by atoms with van der Waals surface area (Å²) in [5, 5.41) is 10.7. The molecular formula is C19H18N4O3. The summed E-state index contributed by atoms with van der Waals surface area (Å²) in [4.78, 5) is 24.4. The van der Waals surface area contributed by atoms with Gasteiger partial charge in [-0.2, -0.15) is 10.2 Å². The molecule has 26 heavy (non-hydrogen) atoms. The second kappa shape index (κ2) is 7.60. The van der Waals surface area contributed by atoms with E-state index in [4.69, 9.17) is 4.74 Å². The van der Waals surface area contributed by atoms with Crippen molar-refractivity contribution in [3.63, 3.8) is 0 Å². The van der Waals surface area contributed by atoms with Gasteiger partial charge in [-0.25, -0.2) is 4.79 Å². The first-order valence-electron chi connectivity index (χ1n) is 8.11. The first-order valence-corrected chi connectivity index (χ1v) is 8.11. The number of hydrogen-bond acceptors (Lipinski definition) is 5. The Morgan fingerprint density at radius 1 is 1.19 bits per heavy atom. The zero-order valence-corrected chi connectivity index (χ0v) is 14.5. The van der Waals surface area contributed by atoms with Crippen LogP contribution >= 0.6 is 0 Å². The van der Waals surface area contributed by atoms with Crippen LogP contribution < -0.4 is 5.32 Å². The van der Waals surface area contributed by atoms with Crippen LogP contribution in [-0.4, -0.2) is 33.2 Å². The van der Waals surface area contributed by atoms with Crippen molar-refractivity contribution in [1.29, 1.82) is 0 Å². The van der Waals surface area contributed by atoms with Crippen molar-refractivity contribution in [2.75, 3.05) is 11.9 Å². The molecule has 1 aromatic carbocycles. The molecule has 0 aliphatic rings. The number of carbonyl (C=O) groups excluding carboxylic acids is 2. The Kier molecular flexibility index (Phi) is 5.07. The first kappa shape index (κ1) is 17.3. The largest absolute Gasteiger partial charge is 0.461 e. The molecule has 132 valence electrons. The average molecular weight is 350 g/mol. The fraction of sp³-hybridized carbons (Fsp3) is 0.158. The van der Waals surface area contributed by atoms with Crippen LogP contribution in [0.3, 0.4) is 0 Å². The van der Waals surface area contributed by atoms with Crippen LogP contribution in [-0.2, 0) is 11.8 Å². The van der Waals surface area contributed by atoms with Gasteiger partial charge < -0.3 is 14.6 Å². The van der Waals surface area contributed by atoms with Gasteiger partial charge in [-0.15, -0.1) is 0 Å². The molecule has 1 amide bonds. The Labute approximate surface area is 150 Å². The summed E-state index contributed by atoms with van der Waals surface area (Å²) in [6.45, 7) is 2.03. The number of amides is 1. The van der Waals surface area contributed by atoms with Crippen LogP contribution in [0.25, 0.3) is 11.3 Å². The molecule has 0 radical (unpaired) electrons. The highest BCUT2D eigenvalue weighted by atomic mass is 16.5. The SMILES string of the molecule is CCOC(=O)c1cc(NC(=O)c2cnnc(-c3ccccc3)c2)cn1C. The standard InChI is InChI=1S/C19H18N4O3/c1-3-26-19(25)17-10-15(12-23(17)2)21-18(24)14-9-16(22-20-11-14)13-7-5-4-6-8-13/h4-12H,3H2,1-2H3,(H,21,24). The molecule has 0 atom stereocenters. The van der Waals surface area contributed by atoms with Gasteiger partial charge in [0.25, 0.3) is 5.91 Å². The van der Waals surface area contributed by atoms with Crippen molar-refractivity contribution < 1.29 is 14.3 Å². The van der Waals surface area contributed by atoms with Crippen LogP contribution in [0.15, 0.2) is 54.9 Å². The summed E-state index contributed by atoms with van der Waals surface area (Å²) in [5.74, 6) is -0.773. The number of benzene rings is 1. The van der Waals surface area contributed by atoms with E-state index in [9.17, 15) is 9.59 Å². The molecule has 3 rings (SSSR count). The van der Waals surface area contributed by atoms with E-state index in [-0.39, 0.29) is 12.5 Å². The first-order chi connectivity index (χ1) is 12.6. The second-order valence-corrected chi connectivity index (χ2v) is 5.60. The number of rotatable bonds is 5. The number of esters is 1. The van der Waals surface area contributed by atoms with Crippen molar-refractivity contribution in [2.45, 2.75) is 6.92 Å². The number of anilines is 1. The summed E-state index contributed by atoms with van der Waals surface area (Å²) < 4.78 is 6.59. The molecule has 0 spiro atoms. The Balaban J connectivity index is 1.79. The maximum absolute atomic E-state index is 12.5. The van der Waals surface area contributed by atoms with Gasteiger partial charge in [0.1, 0.15) is 5.69 Å². The lowest BCUT2D eigenvalue weighted by molar-refractivity contribution is 0.0515. The van der Waals surface area contributed by atoms with E-state index in [0.717, 1.165) is 5.56 Å². The number of nitrogens with one attached hydrogen (secondary N) is 1. The maximum atomic E-state index is 12.5. The van der Waals surface area contributed by atoms with Crippen molar-refractivity contribution in [2.24, 2.45) is 7.05 Å². The summed E-state index contributed by atoms with van der Waals surface area (Å²) in [6.07, 6.45) is 3.05. The number of carbonyl (C=O) groups is 2. The topological polar surface area (TPSA) is 86.1 Å². The smallest absolute Gasteiger partial charge is 0.355 e. The van der Waals surface area contributed by atoms with Crippen LogP contribution in [0, 0.1) is 0 Å². The van der Waals surface area contributed by atoms with Crippen molar-refractivity contribution in [3.05, 3.63) is 66.1 Å². The predicted octanol–water partition coefficient (Wildman–Crippen LogP) is 2.91. The highest BCUT2D eigenvalue weighted by Gasteiger charge is 2.15. The van der Waals surface area contributed by atoms with E-state index >= 15 is 0 Å². The lowest BCUT2D eigenvalue weighted by Gasteiger charge is -2.04. The van der Waals surface area contributed by atoms with E-state index in [1.54, 1.807) is 36.9 Å². The van der Waals surface area contributed by atoms with Gasteiger partial charge in [0, 0.05) is 18.8 Å². The Morgan fingerprint density at radius 3 is 2.69 bits per heavy atom. The third kappa shape index (κ3) is 3.77. The number of ether oxygens (including phenoxy) is 1. The second-order valence-electron chi connectivity index (χ2n) is 5.60. The fourth-order valence-corrected chi connectivity index (χ4v) is 2.48. The highest BCUT2D eigenvalue weighted by molar-refractivity contribution is 6.05. The molecule has 1 N–H and O–H groups in total. The molecule has 0 saturated heterocycles. The maximum Gasteiger partial charge on any atom is 0.355 e.